The van der Waals surface area contributed by atoms with Crippen LogP contribution in [0.1, 0.15) is 16.7 Å². The van der Waals surface area contributed by atoms with Crippen molar-refractivity contribution in [1.82, 2.24) is 0 Å². The standard InChI is InChI=1S/C22H20ClNO4S/c23-20-7-2-6-19(13-20)16-28-22-9-3-8-21(14-22)24-29(26,27)11-10-17-4-1-5-18(12-17)15-25/h1-14,24-25H,15-16H2. The highest BCUT2D eigenvalue weighted by Crippen LogP contribution is 2.21. The maximum absolute atomic E-state index is 12.4. The van der Waals surface area contributed by atoms with E-state index in [0.29, 0.717) is 34.2 Å². The summed E-state index contributed by atoms with van der Waals surface area (Å²) in [4.78, 5) is 0. The second-order valence-corrected chi connectivity index (χ2v) is 8.30. The van der Waals surface area contributed by atoms with Crippen LogP contribution in [-0.4, -0.2) is 13.5 Å². The molecule has 0 saturated carbocycles. The monoisotopic (exact) mass is 429 g/mol. The Labute approximate surface area is 175 Å². The van der Waals surface area contributed by atoms with Crippen LogP contribution < -0.4 is 9.46 Å². The summed E-state index contributed by atoms with van der Waals surface area (Å²) in [5, 5.41) is 10.9. The molecule has 0 aliphatic carbocycles. The molecule has 3 aromatic carbocycles. The zero-order valence-corrected chi connectivity index (χ0v) is 17.0. The third-order valence-corrected chi connectivity index (χ3v) is 5.21. The van der Waals surface area contributed by atoms with Gasteiger partial charge in [-0.1, -0.05) is 48.0 Å². The van der Waals surface area contributed by atoms with Gasteiger partial charge in [-0.2, -0.15) is 0 Å². The third kappa shape index (κ3) is 6.64. The molecule has 0 aliphatic heterocycles. The molecule has 0 fully saturated rings. The van der Waals surface area contributed by atoms with E-state index in [0.717, 1.165) is 11.0 Å². The van der Waals surface area contributed by atoms with Crippen molar-refractivity contribution in [2.75, 3.05) is 4.72 Å². The molecule has 2 N–H and O–H groups in total. The number of benzene rings is 3. The summed E-state index contributed by atoms with van der Waals surface area (Å²) in [6, 6.07) is 21.0. The molecule has 5 nitrogen and oxygen atoms in total. The summed E-state index contributed by atoms with van der Waals surface area (Å²) < 4.78 is 32.9. The average molecular weight is 430 g/mol. The average Bonchev–Trinajstić information content (AvgIpc) is 2.71. The van der Waals surface area contributed by atoms with E-state index in [2.05, 4.69) is 4.72 Å². The topological polar surface area (TPSA) is 75.6 Å². The third-order valence-electron chi connectivity index (χ3n) is 3.96. The molecule has 0 saturated heterocycles. The van der Waals surface area contributed by atoms with Crippen molar-refractivity contribution in [2.45, 2.75) is 13.2 Å². The van der Waals surface area contributed by atoms with Crippen molar-refractivity contribution in [3.05, 3.63) is 99.9 Å². The van der Waals surface area contributed by atoms with E-state index < -0.39 is 10.0 Å². The van der Waals surface area contributed by atoms with Gasteiger partial charge in [-0.3, -0.25) is 4.72 Å². The van der Waals surface area contributed by atoms with Crippen molar-refractivity contribution in [2.24, 2.45) is 0 Å². The molecule has 3 aromatic rings. The van der Waals surface area contributed by atoms with Crippen LogP contribution in [0.5, 0.6) is 5.75 Å². The molecule has 29 heavy (non-hydrogen) atoms. The minimum absolute atomic E-state index is 0.103. The highest BCUT2D eigenvalue weighted by molar-refractivity contribution is 7.95. The molecule has 0 bridgehead atoms. The Morgan fingerprint density at radius 1 is 0.966 bits per heavy atom. The van der Waals surface area contributed by atoms with E-state index in [9.17, 15) is 8.42 Å². The zero-order chi connectivity index (χ0) is 20.7. The van der Waals surface area contributed by atoms with Gasteiger partial charge in [-0.15, -0.1) is 0 Å². The molecule has 0 radical (unpaired) electrons. The van der Waals surface area contributed by atoms with Crippen molar-refractivity contribution < 1.29 is 18.3 Å². The van der Waals surface area contributed by atoms with Gasteiger partial charge >= 0.3 is 0 Å². The largest absolute Gasteiger partial charge is 0.489 e. The quantitative estimate of drug-likeness (QED) is 0.538. The van der Waals surface area contributed by atoms with Gasteiger partial charge in [0.1, 0.15) is 12.4 Å². The van der Waals surface area contributed by atoms with Crippen molar-refractivity contribution in [3.8, 4) is 5.75 Å². The second-order valence-electron chi connectivity index (χ2n) is 6.30. The number of sulfonamides is 1. The molecule has 150 valence electrons. The van der Waals surface area contributed by atoms with Gasteiger partial charge in [0.2, 0.25) is 0 Å². The SMILES string of the molecule is O=S(=O)(C=Cc1cccc(CO)c1)Nc1cccc(OCc2cccc(Cl)c2)c1. The van der Waals surface area contributed by atoms with Crippen LogP contribution >= 0.6 is 11.6 Å². The number of ether oxygens (including phenoxy) is 1. The summed E-state index contributed by atoms with van der Waals surface area (Å²) in [7, 11) is -3.71. The Hall–Kier alpha value is -2.80. The normalized spacial score (nSPS) is 11.5. The van der Waals surface area contributed by atoms with Gasteiger partial charge < -0.3 is 9.84 Å². The van der Waals surface area contributed by atoms with Crippen LogP contribution in [0.15, 0.2) is 78.2 Å². The van der Waals surface area contributed by atoms with Crippen LogP contribution in [0.3, 0.4) is 0 Å². The first-order valence-electron chi connectivity index (χ1n) is 8.81. The lowest BCUT2D eigenvalue weighted by molar-refractivity contribution is 0.282. The number of aliphatic hydroxyl groups is 1. The van der Waals surface area contributed by atoms with E-state index in [1.165, 1.54) is 6.08 Å². The first-order chi connectivity index (χ1) is 13.9. The number of anilines is 1. The summed E-state index contributed by atoms with van der Waals surface area (Å²) in [5.41, 5.74) is 2.70. The molecule has 0 heterocycles. The van der Waals surface area contributed by atoms with E-state index in [1.807, 2.05) is 18.2 Å². The number of rotatable bonds is 8. The smallest absolute Gasteiger partial charge is 0.255 e. The fourth-order valence-electron chi connectivity index (χ4n) is 2.60. The number of nitrogens with one attached hydrogen (secondary N) is 1. The van der Waals surface area contributed by atoms with Gasteiger partial charge in [-0.25, -0.2) is 8.42 Å². The van der Waals surface area contributed by atoms with Crippen LogP contribution in [0, 0.1) is 0 Å². The van der Waals surface area contributed by atoms with Crippen LogP contribution in [0.25, 0.3) is 6.08 Å². The fraction of sp³-hybridized carbons (Fsp3) is 0.0909. The summed E-state index contributed by atoms with van der Waals surface area (Å²) >= 11 is 5.96. The Balaban J connectivity index is 1.65. The van der Waals surface area contributed by atoms with Crippen LogP contribution in [-0.2, 0) is 23.2 Å². The number of hydrogen-bond acceptors (Lipinski definition) is 4. The van der Waals surface area contributed by atoms with Crippen molar-refractivity contribution >= 4 is 33.4 Å². The minimum Gasteiger partial charge on any atom is -0.489 e. The minimum atomic E-state index is -3.71. The Bertz CT molecular complexity index is 1110. The molecule has 0 aliphatic rings. The van der Waals surface area contributed by atoms with E-state index in [4.69, 9.17) is 21.4 Å². The predicted molar refractivity (Wildman–Crippen MR) is 116 cm³/mol. The van der Waals surface area contributed by atoms with Gasteiger partial charge in [0.05, 0.1) is 17.7 Å². The molecule has 0 unspecified atom stereocenters. The predicted octanol–water partition coefficient (Wildman–Crippen LogP) is 4.82. The number of aliphatic hydroxyl groups excluding tert-OH is 1. The van der Waals surface area contributed by atoms with Gasteiger partial charge in [-0.05, 0) is 53.1 Å². The van der Waals surface area contributed by atoms with Gasteiger partial charge in [0.15, 0.2) is 0 Å². The summed E-state index contributed by atoms with van der Waals surface area (Å²) in [5.74, 6) is 0.532. The molecule has 0 atom stereocenters. The first-order valence-corrected chi connectivity index (χ1v) is 10.7. The van der Waals surface area contributed by atoms with Gasteiger partial charge in [0, 0.05) is 11.1 Å². The van der Waals surface area contributed by atoms with E-state index in [1.54, 1.807) is 54.6 Å². The first kappa shape index (κ1) is 20.9. The highest BCUT2D eigenvalue weighted by Gasteiger charge is 2.07. The van der Waals surface area contributed by atoms with Crippen molar-refractivity contribution in [1.29, 1.82) is 0 Å². The highest BCUT2D eigenvalue weighted by atomic mass is 35.5. The fourth-order valence-corrected chi connectivity index (χ4v) is 3.68. The van der Waals surface area contributed by atoms with E-state index >= 15 is 0 Å². The van der Waals surface area contributed by atoms with Crippen LogP contribution in [0.2, 0.25) is 5.02 Å². The second kappa shape index (κ2) is 9.60. The lowest BCUT2D eigenvalue weighted by atomic mass is 10.1. The summed E-state index contributed by atoms with van der Waals surface area (Å²) in [6.07, 6.45) is 1.47. The zero-order valence-electron chi connectivity index (χ0n) is 15.5. The maximum Gasteiger partial charge on any atom is 0.255 e. The Morgan fingerprint density at radius 2 is 1.72 bits per heavy atom. The van der Waals surface area contributed by atoms with Crippen LogP contribution in [0.4, 0.5) is 5.69 Å². The lowest BCUT2D eigenvalue weighted by Crippen LogP contribution is -2.09. The van der Waals surface area contributed by atoms with Crippen molar-refractivity contribution in [3.63, 3.8) is 0 Å². The molecule has 3 rings (SSSR count). The Morgan fingerprint density at radius 3 is 2.52 bits per heavy atom. The molecule has 0 amide bonds. The molecule has 0 aromatic heterocycles. The molecular formula is C22H20ClNO4S. The molecule has 7 heteroatoms. The lowest BCUT2D eigenvalue weighted by Gasteiger charge is -2.09. The molecular weight excluding hydrogens is 410 g/mol. The number of hydrogen-bond donors (Lipinski definition) is 2. The maximum atomic E-state index is 12.4. The Kier molecular flexibility index (Phi) is 6.93. The van der Waals surface area contributed by atoms with Gasteiger partial charge in [0.25, 0.3) is 10.0 Å². The molecule has 0 spiro atoms. The summed E-state index contributed by atoms with van der Waals surface area (Å²) in [6.45, 7) is 0.215. The van der Waals surface area contributed by atoms with E-state index in [-0.39, 0.29) is 6.61 Å². The number of halogens is 1.